The van der Waals surface area contributed by atoms with E-state index in [0.717, 1.165) is 23.8 Å². The largest absolute Gasteiger partial charge is 0.449 e. The van der Waals surface area contributed by atoms with E-state index in [1.165, 1.54) is 12.8 Å². The predicted molar refractivity (Wildman–Crippen MR) is 75.7 cm³/mol. The summed E-state index contributed by atoms with van der Waals surface area (Å²) >= 11 is 6.09. The Hall–Kier alpha value is -1.48. The van der Waals surface area contributed by atoms with E-state index in [1.807, 2.05) is 19.1 Å². The summed E-state index contributed by atoms with van der Waals surface area (Å²) in [7, 11) is 0. The fourth-order valence-corrected chi connectivity index (χ4v) is 2.96. The minimum Gasteiger partial charge on any atom is -0.449 e. The highest BCUT2D eigenvalue weighted by atomic mass is 35.5. The lowest BCUT2D eigenvalue weighted by Gasteiger charge is -2.10. The van der Waals surface area contributed by atoms with Crippen molar-refractivity contribution in [2.45, 2.75) is 38.6 Å². The lowest BCUT2D eigenvalue weighted by Crippen LogP contribution is -2.32. The summed E-state index contributed by atoms with van der Waals surface area (Å²) in [6.45, 7) is 1.89. The number of para-hydroxylation sites is 1. The Labute approximate surface area is 116 Å². The first kappa shape index (κ1) is 12.5. The number of benzene rings is 1. The van der Waals surface area contributed by atoms with Crippen molar-refractivity contribution in [2.24, 2.45) is 0 Å². The van der Waals surface area contributed by atoms with Crippen molar-refractivity contribution in [3.05, 3.63) is 34.5 Å². The van der Waals surface area contributed by atoms with Crippen LogP contribution in [-0.2, 0) is 0 Å². The van der Waals surface area contributed by atoms with Crippen LogP contribution in [-0.4, -0.2) is 11.9 Å². The molecule has 19 heavy (non-hydrogen) atoms. The summed E-state index contributed by atoms with van der Waals surface area (Å²) in [5.41, 5.74) is 1.45. The molecule has 1 aromatic heterocycles. The van der Waals surface area contributed by atoms with Gasteiger partial charge in [-0.3, -0.25) is 4.79 Å². The van der Waals surface area contributed by atoms with Gasteiger partial charge in [-0.25, -0.2) is 0 Å². The number of nitrogens with one attached hydrogen (secondary N) is 1. The first-order chi connectivity index (χ1) is 9.16. The van der Waals surface area contributed by atoms with Gasteiger partial charge in [-0.05, 0) is 25.8 Å². The Morgan fingerprint density at radius 1 is 1.37 bits per heavy atom. The van der Waals surface area contributed by atoms with Gasteiger partial charge in [0.1, 0.15) is 0 Å². The highest BCUT2D eigenvalue weighted by Gasteiger charge is 2.23. The van der Waals surface area contributed by atoms with Gasteiger partial charge in [0.15, 0.2) is 11.3 Å². The molecule has 1 amide bonds. The Balaban J connectivity index is 1.93. The van der Waals surface area contributed by atoms with E-state index in [9.17, 15) is 4.79 Å². The van der Waals surface area contributed by atoms with Gasteiger partial charge in [0.2, 0.25) is 0 Å². The van der Waals surface area contributed by atoms with Crippen molar-refractivity contribution in [3.63, 3.8) is 0 Å². The number of hydrogen-bond acceptors (Lipinski definition) is 2. The van der Waals surface area contributed by atoms with Gasteiger partial charge < -0.3 is 9.73 Å². The molecule has 1 saturated carbocycles. The number of carbonyl (C=O) groups excluding carboxylic acids is 1. The highest BCUT2D eigenvalue weighted by molar-refractivity contribution is 6.35. The van der Waals surface area contributed by atoms with Crippen LogP contribution in [0.1, 0.15) is 41.8 Å². The molecule has 3 rings (SSSR count). The van der Waals surface area contributed by atoms with Gasteiger partial charge in [0.05, 0.1) is 5.02 Å². The summed E-state index contributed by atoms with van der Waals surface area (Å²) in [4.78, 5) is 12.3. The number of fused-ring (bicyclic) bond motifs is 1. The molecule has 1 heterocycles. The topological polar surface area (TPSA) is 42.2 Å². The average molecular weight is 278 g/mol. The predicted octanol–water partition coefficient (Wildman–Crippen LogP) is 4.07. The Morgan fingerprint density at radius 3 is 2.79 bits per heavy atom. The standard InChI is InChI=1S/C15H16ClNO2/c1-9-11-7-4-8-12(16)14(11)19-13(9)15(18)17-10-5-2-3-6-10/h4,7-8,10H,2-3,5-6H2,1H3,(H,17,18). The van der Waals surface area contributed by atoms with Gasteiger partial charge >= 0.3 is 0 Å². The molecule has 3 nitrogen and oxygen atoms in total. The molecule has 0 atom stereocenters. The molecule has 0 radical (unpaired) electrons. The van der Waals surface area contributed by atoms with E-state index in [1.54, 1.807) is 6.07 Å². The zero-order chi connectivity index (χ0) is 13.4. The first-order valence-corrected chi connectivity index (χ1v) is 7.03. The second-order valence-electron chi connectivity index (χ2n) is 5.13. The third-order valence-electron chi connectivity index (χ3n) is 3.81. The maximum atomic E-state index is 12.3. The molecule has 100 valence electrons. The molecular formula is C15H16ClNO2. The number of rotatable bonds is 2. The van der Waals surface area contributed by atoms with Crippen LogP contribution in [0.2, 0.25) is 5.02 Å². The van der Waals surface area contributed by atoms with Gasteiger partial charge in [-0.15, -0.1) is 0 Å². The molecule has 1 fully saturated rings. The quantitative estimate of drug-likeness (QED) is 0.899. The summed E-state index contributed by atoms with van der Waals surface area (Å²) < 4.78 is 5.66. The fraction of sp³-hybridized carbons (Fsp3) is 0.400. The van der Waals surface area contributed by atoms with E-state index >= 15 is 0 Å². The normalized spacial score (nSPS) is 16.1. The van der Waals surface area contributed by atoms with Crippen molar-refractivity contribution in [1.29, 1.82) is 0 Å². The Kier molecular flexibility index (Phi) is 3.23. The number of carbonyl (C=O) groups is 1. The number of aryl methyl sites for hydroxylation is 1. The molecule has 1 aliphatic rings. The van der Waals surface area contributed by atoms with Crippen LogP contribution in [0.25, 0.3) is 11.0 Å². The lowest BCUT2D eigenvalue weighted by molar-refractivity contribution is 0.0911. The van der Waals surface area contributed by atoms with Crippen molar-refractivity contribution in [2.75, 3.05) is 0 Å². The first-order valence-electron chi connectivity index (χ1n) is 6.65. The molecule has 1 aromatic carbocycles. The maximum absolute atomic E-state index is 12.3. The Morgan fingerprint density at radius 2 is 2.11 bits per heavy atom. The van der Waals surface area contributed by atoms with Crippen LogP contribution >= 0.6 is 11.6 Å². The molecular weight excluding hydrogens is 262 g/mol. The van der Waals surface area contributed by atoms with Gasteiger partial charge in [0.25, 0.3) is 5.91 Å². The molecule has 0 aliphatic heterocycles. The van der Waals surface area contributed by atoms with E-state index in [0.29, 0.717) is 16.4 Å². The third-order valence-corrected chi connectivity index (χ3v) is 4.11. The summed E-state index contributed by atoms with van der Waals surface area (Å²) in [6.07, 6.45) is 4.50. The lowest BCUT2D eigenvalue weighted by atomic mass is 10.1. The SMILES string of the molecule is Cc1c(C(=O)NC2CCCC2)oc2c(Cl)cccc12. The van der Waals surface area contributed by atoms with Crippen molar-refractivity contribution >= 4 is 28.5 Å². The number of amides is 1. The zero-order valence-electron chi connectivity index (χ0n) is 10.8. The van der Waals surface area contributed by atoms with Crippen LogP contribution in [0, 0.1) is 6.92 Å². The van der Waals surface area contributed by atoms with Crippen molar-refractivity contribution in [3.8, 4) is 0 Å². The smallest absolute Gasteiger partial charge is 0.287 e. The minimum absolute atomic E-state index is 0.128. The van der Waals surface area contributed by atoms with Crippen LogP contribution < -0.4 is 5.32 Å². The Bertz CT molecular complexity index is 626. The van der Waals surface area contributed by atoms with E-state index in [2.05, 4.69) is 5.32 Å². The number of halogens is 1. The van der Waals surface area contributed by atoms with Crippen LogP contribution in [0.15, 0.2) is 22.6 Å². The van der Waals surface area contributed by atoms with Crippen LogP contribution in [0.4, 0.5) is 0 Å². The number of furan rings is 1. The average Bonchev–Trinajstić information content (AvgIpc) is 2.99. The summed E-state index contributed by atoms with van der Waals surface area (Å²) in [5, 5.41) is 4.49. The molecule has 0 unspecified atom stereocenters. The van der Waals surface area contributed by atoms with Gasteiger partial charge in [-0.1, -0.05) is 36.6 Å². The monoisotopic (exact) mass is 277 g/mol. The zero-order valence-corrected chi connectivity index (χ0v) is 11.6. The van der Waals surface area contributed by atoms with Crippen molar-refractivity contribution < 1.29 is 9.21 Å². The highest BCUT2D eigenvalue weighted by Crippen LogP contribution is 2.31. The maximum Gasteiger partial charge on any atom is 0.287 e. The molecule has 4 heteroatoms. The van der Waals surface area contributed by atoms with Gasteiger partial charge in [-0.2, -0.15) is 0 Å². The van der Waals surface area contributed by atoms with E-state index < -0.39 is 0 Å². The molecule has 1 N–H and O–H groups in total. The fourth-order valence-electron chi connectivity index (χ4n) is 2.75. The third kappa shape index (κ3) is 2.23. The summed E-state index contributed by atoms with van der Waals surface area (Å²) in [6, 6.07) is 5.85. The summed E-state index contributed by atoms with van der Waals surface area (Å²) in [5.74, 6) is 0.256. The molecule has 1 aliphatic carbocycles. The molecule has 2 aromatic rings. The van der Waals surface area contributed by atoms with Gasteiger partial charge in [0, 0.05) is 17.0 Å². The van der Waals surface area contributed by atoms with Crippen LogP contribution in [0.5, 0.6) is 0 Å². The van der Waals surface area contributed by atoms with E-state index in [4.69, 9.17) is 16.0 Å². The minimum atomic E-state index is -0.128. The molecule has 0 saturated heterocycles. The number of hydrogen-bond donors (Lipinski definition) is 1. The molecule has 0 spiro atoms. The van der Waals surface area contributed by atoms with Crippen molar-refractivity contribution in [1.82, 2.24) is 5.32 Å². The van der Waals surface area contributed by atoms with E-state index in [-0.39, 0.29) is 11.9 Å². The second kappa shape index (κ2) is 4.89. The van der Waals surface area contributed by atoms with Crippen LogP contribution in [0.3, 0.4) is 0 Å². The second-order valence-corrected chi connectivity index (χ2v) is 5.53. The molecule has 0 bridgehead atoms.